The fourth-order valence-electron chi connectivity index (χ4n) is 3.57. The lowest BCUT2D eigenvalue weighted by Gasteiger charge is -2.39. The quantitative estimate of drug-likeness (QED) is 0.229. The highest BCUT2D eigenvalue weighted by Gasteiger charge is 2.46. The van der Waals surface area contributed by atoms with E-state index in [1.54, 1.807) is 0 Å². The first-order chi connectivity index (χ1) is 15.6. The SMILES string of the molecule is O=c1c(O[C@H]2[C@H](O)[C@@H](O)[C@H](CO)O[C@H]2O)c(-c2ccc(O)c(O)c2)oc2cc(O)cc(O)c12. The van der Waals surface area contributed by atoms with Crippen LogP contribution in [0, 0.1) is 0 Å². The molecule has 1 aromatic heterocycles. The van der Waals surface area contributed by atoms with Crippen molar-refractivity contribution in [2.45, 2.75) is 30.7 Å². The summed E-state index contributed by atoms with van der Waals surface area (Å²) in [4.78, 5) is 13.3. The van der Waals surface area contributed by atoms with Crippen LogP contribution in [0.3, 0.4) is 0 Å². The van der Waals surface area contributed by atoms with Crippen LogP contribution in [0.1, 0.15) is 0 Å². The number of hydrogen-bond donors (Lipinski definition) is 8. The third-order valence-corrected chi connectivity index (χ3v) is 5.25. The molecule has 1 aliphatic rings. The summed E-state index contributed by atoms with van der Waals surface area (Å²) in [5.41, 5.74) is -1.22. The van der Waals surface area contributed by atoms with Crippen molar-refractivity contribution in [2.24, 2.45) is 0 Å². The maximum atomic E-state index is 13.3. The van der Waals surface area contributed by atoms with Gasteiger partial charge < -0.3 is 54.7 Å². The van der Waals surface area contributed by atoms with Gasteiger partial charge in [0, 0.05) is 17.7 Å². The second-order valence-corrected chi connectivity index (χ2v) is 7.44. The van der Waals surface area contributed by atoms with Crippen LogP contribution >= 0.6 is 0 Å². The molecule has 1 fully saturated rings. The first-order valence-corrected chi connectivity index (χ1v) is 9.64. The lowest BCUT2D eigenvalue weighted by atomic mass is 9.99. The molecule has 8 N–H and O–H groups in total. The molecule has 0 saturated carbocycles. The number of phenols is 4. The Kier molecular flexibility index (Phi) is 5.78. The maximum Gasteiger partial charge on any atom is 0.239 e. The molecule has 0 spiro atoms. The Morgan fingerprint density at radius 3 is 2.30 bits per heavy atom. The monoisotopic (exact) mass is 464 g/mol. The smallest absolute Gasteiger partial charge is 0.239 e. The first kappa shape index (κ1) is 22.6. The van der Waals surface area contributed by atoms with E-state index in [0.717, 1.165) is 24.3 Å². The summed E-state index contributed by atoms with van der Waals surface area (Å²) in [5, 5.41) is 79.0. The van der Waals surface area contributed by atoms with E-state index in [4.69, 9.17) is 13.9 Å². The van der Waals surface area contributed by atoms with Crippen LogP contribution in [0.25, 0.3) is 22.3 Å². The van der Waals surface area contributed by atoms with Gasteiger partial charge in [0.05, 0.1) is 6.61 Å². The van der Waals surface area contributed by atoms with Crippen molar-refractivity contribution < 1.29 is 54.7 Å². The summed E-state index contributed by atoms with van der Waals surface area (Å²) in [6.45, 7) is -0.713. The molecule has 0 aliphatic carbocycles. The van der Waals surface area contributed by atoms with E-state index < -0.39 is 76.9 Å². The molecular formula is C21H20O12. The lowest BCUT2D eigenvalue weighted by Crippen LogP contribution is -2.60. The fourth-order valence-corrected chi connectivity index (χ4v) is 3.57. The summed E-state index contributed by atoms with van der Waals surface area (Å²) < 4.78 is 16.2. The van der Waals surface area contributed by atoms with Gasteiger partial charge in [-0.25, -0.2) is 0 Å². The van der Waals surface area contributed by atoms with E-state index in [2.05, 4.69) is 0 Å². The molecule has 0 unspecified atom stereocenters. The lowest BCUT2D eigenvalue weighted by molar-refractivity contribution is -0.280. The highest BCUT2D eigenvalue weighted by molar-refractivity contribution is 5.88. The van der Waals surface area contributed by atoms with Crippen molar-refractivity contribution >= 4 is 11.0 Å². The number of aliphatic hydroxyl groups is 4. The van der Waals surface area contributed by atoms with Crippen LogP contribution in [0.5, 0.6) is 28.7 Å². The number of ether oxygens (including phenoxy) is 2. The molecule has 12 heteroatoms. The van der Waals surface area contributed by atoms with Crippen molar-refractivity contribution in [3.63, 3.8) is 0 Å². The van der Waals surface area contributed by atoms with E-state index in [1.807, 2.05) is 0 Å². The zero-order valence-electron chi connectivity index (χ0n) is 16.7. The Labute approximate surface area is 184 Å². The van der Waals surface area contributed by atoms with Gasteiger partial charge in [-0.1, -0.05) is 0 Å². The topological polar surface area (TPSA) is 211 Å². The van der Waals surface area contributed by atoms with E-state index in [-0.39, 0.29) is 16.9 Å². The van der Waals surface area contributed by atoms with Gasteiger partial charge in [0.25, 0.3) is 0 Å². The molecule has 0 bridgehead atoms. The minimum atomic E-state index is -1.88. The molecular weight excluding hydrogens is 444 g/mol. The summed E-state index contributed by atoms with van der Waals surface area (Å²) >= 11 is 0. The molecule has 3 aromatic rings. The van der Waals surface area contributed by atoms with Crippen LogP contribution in [-0.4, -0.2) is 78.2 Å². The van der Waals surface area contributed by atoms with E-state index >= 15 is 0 Å². The molecule has 1 aliphatic heterocycles. The average molecular weight is 464 g/mol. The number of aliphatic hydroxyl groups excluding tert-OH is 4. The van der Waals surface area contributed by atoms with Crippen molar-refractivity contribution in [3.8, 4) is 40.1 Å². The summed E-state index contributed by atoms with van der Waals surface area (Å²) in [6, 6.07) is 5.33. The molecule has 2 heterocycles. The summed E-state index contributed by atoms with van der Waals surface area (Å²) in [6.07, 6.45) is -8.42. The van der Waals surface area contributed by atoms with Gasteiger partial charge in [-0.15, -0.1) is 0 Å². The zero-order chi connectivity index (χ0) is 24.0. The van der Waals surface area contributed by atoms with Gasteiger partial charge in [0.2, 0.25) is 11.2 Å². The van der Waals surface area contributed by atoms with Gasteiger partial charge in [0.1, 0.15) is 40.8 Å². The molecule has 4 rings (SSSR count). The third-order valence-electron chi connectivity index (χ3n) is 5.25. The zero-order valence-corrected chi connectivity index (χ0v) is 16.7. The molecule has 33 heavy (non-hydrogen) atoms. The Balaban J connectivity index is 1.91. The minimum Gasteiger partial charge on any atom is -0.508 e. The van der Waals surface area contributed by atoms with E-state index in [0.29, 0.717) is 0 Å². The number of benzene rings is 2. The average Bonchev–Trinajstić information content (AvgIpc) is 2.76. The standard InChI is InChI=1S/C21H20O12/c22-6-13-15(27)17(29)20(21(30)32-13)33-19-16(28)14-11(26)4-8(23)5-12(14)31-18(19)7-1-2-9(24)10(25)3-7/h1-5,13,15,17,20-27,29-30H,6H2/t13-,15-,17+,20-,21+/m0/s1. The van der Waals surface area contributed by atoms with Crippen LogP contribution in [0.2, 0.25) is 0 Å². The highest BCUT2D eigenvalue weighted by Crippen LogP contribution is 2.39. The molecule has 2 aromatic carbocycles. The molecule has 5 atom stereocenters. The summed E-state index contributed by atoms with van der Waals surface area (Å²) in [7, 11) is 0. The summed E-state index contributed by atoms with van der Waals surface area (Å²) in [5.74, 6) is -3.10. The van der Waals surface area contributed by atoms with Gasteiger partial charge in [-0.2, -0.15) is 0 Å². The first-order valence-electron chi connectivity index (χ1n) is 9.64. The minimum absolute atomic E-state index is 0.0108. The van der Waals surface area contributed by atoms with Crippen LogP contribution in [0.15, 0.2) is 39.5 Å². The third kappa shape index (κ3) is 3.90. The van der Waals surface area contributed by atoms with Crippen molar-refractivity contribution in [3.05, 3.63) is 40.6 Å². The number of hydrogen-bond acceptors (Lipinski definition) is 12. The predicted octanol–water partition coefficient (Wildman–Crippen LogP) is -0.539. The van der Waals surface area contributed by atoms with Gasteiger partial charge >= 0.3 is 0 Å². The second-order valence-electron chi connectivity index (χ2n) is 7.44. The normalized spacial score (nSPS) is 25.3. The van der Waals surface area contributed by atoms with Crippen LogP contribution in [-0.2, 0) is 4.74 Å². The number of aromatic hydroxyl groups is 4. The Morgan fingerprint density at radius 2 is 1.64 bits per heavy atom. The highest BCUT2D eigenvalue weighted by atomic mass is 16.7. The van der Waals surface area contributed by atoms with Crippen molar-refractivity contribution in [1.29, 1.82) is 0 Å². The van der Waals surface area contributed by atoms with E-state index in [9.17, 15) is 45.6 Å². The maximum absolute atomic E-state index is 13.3. The van der Waals surface area contributed by atoms with Crippen LogP contribution in [0.4, 0.5) is 0 Å². The second kappa shape index (κ2) is 8.42. The van der Waals surface area contributed by atoms with Crippen molar-refractivity contribution in [1.82, 2.24) is 0 Å². The predicted molar refractivity (Wildman–Crippen MR) is 109 cm³/mol. The molecule has 0 radical (unpaired) electrons. The Hall–Kier alpha value is -3.55. The number of phenolic OH excluding ortho intramolecular Hbond substituents is 4. The number of rotatable bonds is 4. The van der Waals surface area contributed by atoms with Gasteiger partial charge in [0.15, 0.2) is 29.7 Å². The Morgan fingerprint density at radius 1 is 0.909 bits per heavy atom. The molecule has 176 valence electrons. The van der Waals surface area contributed by atoms with Crippen LogP contribution < -0.4 is 10.2 Å². The Bertz CT molecular complexity index is 1250. The fraction of sp³-hybridized carbons (Fsp3) is 0.286. The molecule has 12 nitrogen and oxygen atoms in total. The largest absolute Gasteiger partial charge is 0.508 e. The van der Waals surface area contributed by atoms with E-state index in [1.165, 1.54) is 6.07 Å². The van der Waals surface area contributed by atoms with Gasteiger partial charge in [-0.3, -0.25) is 4.79 Å². The number of fused-ring (bicyclic) bond motifs is 1. The van der Waals surface area contributed by atoms with Crippen molar-refractivity contribution in [2.75, 3.05) is 6.61 Å². The molecule has 0 amide bonds. The molecule has 1 saturated heterocycles. The van der Waals surface area contributed by atoms with Gasteiger partial charge in [-0.05, 0) is 18.2 Å².